The summed E-state index contributed by atoms with van der Waals surface area (Å²) >= 11 is 5.97. The van der Waals surface area contributed by atoms with Crippen molar-refractivity contribution in [2.45, 2.75) is 4.90 Å². The van der Waals surface area contributed by atoms with Gasteiger partial charge in [-0.2, -0.15) is 0 Å². The molecule has 0 radical (unpaired) electrons. The van der Waals surface area contributed by atoms with Crippen molar-refractivity contribution < 1.29 is 17.9 Å². The molecular weight excluding hydrogens is 424 g/mol. The molecule has 0 aliphatic carbocycles. The summed E-state index contributed by atoms with van der Waals surface area (Å²) in [5.74, 6) is 0.331. The van der Waals surface area contributed by atoms with E-state index in [4.69, 9.17) is 16.3 Å². The van der Waals surface area contributed by atoms with E-state index in [0.29, 0.717) is 23.1 Å². The van der Waals surface area contributed by atoms with Gasteiger partial charge in [-0.25, -0.2) is 8.42 Å². The van der Waals surface area contributed by atoms with Gasteiger partial charge in [0, 0.05) is 17.6 Å². The number of halogens is 1. The van der Waals surface area contributed by atoms with Crippen molar-refractivity contribution in [3.8, 4) is 5.75 Å². The molecule has 0 saturated heterocycles. The predicted molar refractivity (Wildman–Crippen MR) is 118 cm³/mol. The van der Waals surface area contributed by atoms with E-state index in [1.54, 1.807) is 30.3 Å². The van der Waals surface area contributed by atoms with Crippen LogP contribution in [-0.2, 0) is 10.0 Å². The van der Waals surface area contributed by atoms with Crippen LogP contribution in [-0.4, -0.2) is 34.5 Å². The zero-order valence-corrected chi connectivity index (χ0v) is 17.9. The quantitative estimate of drug-likeness (QED) is 0.533. The number of amides is 1. The highest BCUT2D eigenvalue weighted by Crippen LogP contribution is 2.25. The second kappa shape index (κ2) is 9.65. The van der Waals surface area contributed by atoms with Crippen LogP contribution in [0.25, 0.3) is 0 Å². The number of nitrogens with one attached hydrogen (secondary N) is 1. The number of ether oxygens (including phenoxy) is 1. The van der Waals surface area contributed by atoms with E-state index in [2.05, 4.69) is 5.32 Å². The fraction of sp³-hybridized carbons (Fsp3) is 0.136. The molecule has 6 nitrogen and oxygen atoms in total. The van der Waals surface area contributed by atoms with Crippen molar-refractivity contribution in [1.29, 1.82) is 0 Å². The van der Waals surface area contributed by atoms with Gasteiger partial charge in [-0.1, -0.05) is 41.9 Å². The van der Waals surface area contributed by atoms with Gasteiger partial charge in [0.25, 0.3) is 15.9 Å². The number of rotatable bonds is 8. The second-order valence-electron chi connectivity index (χ2n) is 6.40. The molecule has 8 heteroatoms. The van der Waals surface area contributed by atoms with Crippen LogP contribution in [0.1, 0.15) is 10.4 Å². The number of benzene rings is 3. The number of nitrogens with zero attached hydrogens (tertiary/aromatic N) is 1. The first-order chi connectivity index (χ1) is 14.4. The van der Waals surface area contributed by atoms with Crippen molar-refractivity contribution >= 4 is 33.2 Å². The van der Waals surface area contributed by atoms with Crippen molar-refractivity contribution in [3.05, 3.63) is 89.4 Å². The Hall–Kier alpha value is -3.03. The van der Waals surface area contributed by atoms with Crippen molar-refractivity contribution in [2.75, 3.05) is 24.5 Å². The van der Waals surface area contributed by atoms with Gasteiger partial charge in [-0.05, 0) is 48.5 Å². The predicted octanol–water partition coefficient (Wildman–Crippen LogP) is 3.97. The monoisotopic (exact) mass is 444 g/mol. The average Bonchev–Trinajstić information content (AvgIpc) is 2.77. The highest BCUT2D eigenvalue weighted by molar-refractivity contribution is 7.92. The molecule has 0 aliphatic rings. The fourth-order valence-electron chi connectivity index (χ4n) is 2.72. The topological polar surface area (TPSA) is 75.7 Å². The van der Waals surface area contributed by atoms with Gasteiger partial charge < -0.3 is 10.1 Å². The Labute approximate surface area is 181 Å². The summed E-state index contributed by atoms with van der Waals surface area (Å²) in [4.78, 5) is 12.4. The smallest absolute Gasteiger partial charge is 0.264 e. The Morgan fingerprint density at radius 1 is 1.00 bits per heavy atom. The van der Waals surface area contributed by atoms with Crippen LogP contribution in [0.2, 0.25) is 5.02 Å². The van der Waals surface area contributed by atoms with E-state index in [1.807, 2.05) is 30.3 Å². The van der Waals surface area contributed by atoms with Gasteiger partial charge in [0.15, 0.2) is 0 Å². The van der Waals surface area contributed by atoms with Crippen molar-refractivity contribution in [2.24, 2.45) is 0 Å². The average molecular weight is 445 g/mol. The number of para-hydroxylation sites is 1. The molecule has 156 valence electrons. The number of carbonyl (C=O) groups excluding carboxylic acids is 1. The van der Waals surface area contributed by atoms with Gasteiger partial charge in [0.05, 0.1) is 17.1 Å². The van der Waals surface area contributed by atoms with E-state index in [1.165, 1.54) is 25.2 Å². The Morgan fingerprint density at radius 2 is 1.73 bits per heavy atom. The Morgan fingerprint density at radius 3 is 2.47 bits per heavy atom. The molecule has 30 heavy (non-hydrogen) atoms. The molecule has 3 aromatic rings. The molecule has 0 fully saturated rings. The minimum absolute atomic E-state index is 0.0122. The van der Waals surface area contributed by atoms with Crippen molar-refractivity contribution in [3.63, 3.8) is 0 Å². The number of sulfonamides is 1. The standard InChI is InChI=1S/C22H21ClN2O4S/c1-25(19-9-6-8-18(23)16-19)30(27,28)21-12-5-7-17(15-21)22(26)24-13-14-29-20-10-3-2-4-11-20/h2-12,15-16H,13-14H2,1H3,(H,24,26). The zero-order valence-electron chi connectivity index (χ0n) is 16.3. The summed E-state index contributed by atoms with van der Waals surface area (Å²) in [6, 6.07) is 21.7. The largest absolute Gasteiger partial charge is 0.492 e. The lowest BCUT2D eigenvalue weighted by Crippen LogP contribution is -2.29. The first kappa shape index (κ1) is 21.7. The van der Waals surface area contributed by atoms with Crippen LogP contribution in [0, 0.1) is 0 Å². The lowest BCUT2D eigenvalue weighted by atomic mass is 10.2. The third kappa shape index (κ3) is 5.31. The lowest BCUT2D eigenvalue weighted by molar-refractivity contribution is 0.0947. The van der Waals surface area contributed by atoms with Crippen LogP contribution >= 0.6 is 11.6 Å². The SMILES string of the molecule is CN(c1cccc(Cl)c1)S(=O)(=O)c1cccc(C(=O)NCCOc2ccccc2)c1. The van der Waals surface area contributed by atoms with Gasteiger partial charge in [-0.3, -0.25) is 9.10 Å². The molecule has 0 aliphatic heterocycles. The Kier molecular flexibility index (Phi) is 6.97. The van der Waals surface area contributed by atoms with Crippen molar-refractivity contribution in [1.82, 2.24) is 5.32 Å². The molecule has 0 bridgehead atoms. The van der Waals surface area contributed by atoms with Crippen LogP contribution in [0.5, 0.6) is 5.75 Å². The van der Waals surface area contributed by atoms with Gasteiger partial charge in [0.1, 0.15) is 12.4 Å². The summed E-state index contributed by atoms with van der Waals surface area (Å²) in [5.41, 5.74) is 0.672. The number of hydrogen-bond acceptors (Lipinski definition) is 4. The van der Waals surface area contributed by atoms with Crippen LogP contribution in [0.4, 0.5) is 5.69 Å². The molecule has 0 aromatic heterocycles. The lowest BCUT2D eigenvalue weighted by Gasteiger charge is -2.20. The molecule has 3 aromatic carbocycles. The molecule has 1 N–H and O–H groups in total. The number of anilines is 1. The molecule has 0 heterocycles. The Bertz CT molecular complexity index is 1120. The fourth-order valence-corrected chi connectivity index (χ4v) is 4.14. The second-order valence-corrected chi connectivity index (χ2v) is 8.80. The molecule has 0 spiro atoms. The van der Waals surface area contributed by atoms with E-state index < -0.39 is 10.0 Å². The van der Waals surface area contributed by atoms with Crippen LogP contribution in [0.3, 0.4) is 0 Å². The maximum Gasteiger partial charge on any atom is 0.264 e. The van der Waals surface area contributed by atoms with Gasteiger partial charge in [0.2, 0.25) is 0 Å². The van der Waals surface area contributed by atoms with E-state index >= 15 is 0 Å². The highest BCUT2D eigenvalue weighted by Gasteiger charge is 2.22. The van der Waals surface area contributed by atoms with E-state index in [0.717, 1.165) is 4.31 Å². The van der Waals surface area contributed by atoms with E-state index in [-0.39, 0.29) is 22.9 Å². The summed E-state index contributed by atoms with van der Waals surface area (Å²) in [6.07, 6.45) is 0. The Balaban J connectivity index is 1.66. The highest BCUT2D eigenvalue weighted by atomic mass is 35.5. The summed E-state index contributed by atoms with van der Waals surface area (Å²) in [6.45, 7) is 0.582. The molecular formula is C22H21ClN2O4S. The minimum atomic E-state index is -3.86. The molecule has 0 saturated carbocycles. The first-order valence-electron chi connectivity index (χ1n) is 9.18. The molecule has 1 amide bonds. The first-order valence-corrected chi connectivity index (χ1v) is 11.0. The maximum atomic E-state index is 13.0. The molecule has 3 rings (SSSR count). The van der Waals surface area contributed by atoms with Gasteiger partial charge >= 0.3 is 0 Å². The molecule has 0 atom stereocenters. The molecule has 0 unspecified atom stereocenters. The summed E-state index contributed by atoms with van der Waals surface area (Å²) in [5, 5.41) is 3.16. The number of carbonyl (C=O) groups is 1. The summed E-state index contributed by atoms with van der Waals surface area (Å²) < 4.78 is 32.6. The van der Waals surface area contributed by atoms with Gasteiger partial charge in [-0.15, -0.1) is 0 Å². The van der Waals surface area contributed by atoms with E-state index in [9.17, 15) is 13.2 Å². The number of hydrogen-bond donors (Lipinski definition) is 1. The minimum Gasteiger partial charge on any atom is -0.492 e. The zero-order chi connectivity index (χ0) is 21.6. The van der Waals surface area contributed by atoms with Crippen LogP contribution < -0.4 is 14.4 Å². The summed E-state index contributed by atoms with van der Waals surface area (Å²) in [7, 11) is -2.42. The van der Waals surface area contributed by atoms with Crippen LogP contribution in [0.15, 0.2) is 83.8 Å². The third-order valence-electron chi connectivity index (χ3n) is 4.33. The third-order valence-corrected chi connectivity index (χ3v) is 6.34. The normalized spacial score (nSPS) is 11.0. The maximum absolute atomic E-state index is 13.0.